The molecule has 0 radical (unpaired) electrons. The first-order valence-corrected chi connectivity index (χ1v) is 9.86. The van der Waals surface area contributed by atoms with Crippen molar-refractivity contribution < 1.29 is 22.4 Å². The van der Waals surface area contributed by atoms with E-state index in [0.29, 0.717) is 23.7 Å². The Bertz CT molecular complexity index is 1090. The Balaban J connectivity index is 0.00000289. The maximum absolute atomic E-state index is 13.7. The van der Waals surface area contributed by atoms with E-state index in [2.05, 4.69) is 10.6 Å². The number of anilines is 1. The van der Waals surface area contributed by atoms with Gasteiger partial charge in [0.15, 0.2) is 0 Å². The largest absolute Gasteiger partial charge is 0.416 e. The molecule has 8 heteroatoms. The Hall–Kier alpha value is -2.90. The summed E-state index contributed by atoms with van der Waals surface area (Å²) in [6.45, 7) is 0.457. The average Bonchev–Trinajstić information content (AvgIpc) is 3.53. The predicted octanol–water partition coefficient (Wildman–Crippen LogP) is 6.16. The van der Waals surface area contributed by atoms with Crippen molar-refractivity contribution in [1.82, 2.24) is 5.32 Å². The number of benzene rings is 3. The Morgan fingerprint density at radius 2 is 1.69 bits per heavy atom. The molecule has 0 heterocycles. The summed E-state index contributed by atoms with van der Waals surface area (Å²) in [5, 5.41) is 5.97. The molecule has 0 spiro atoms. The molecular weight excluding hydrogens is 444 g/mol. The molecule has 1 fully saturated rings. The third-order valence-electron chi connectivity index (χ3n) is 5.35. The van der Waals surface area contributed by atoms with Gasteiger partial charge in [-0.2, -0.15) is 13.2 Å². The van der Waals surface area contributed by atoms with Crippen LogP contribution < -0.4 is 10.6 Å². The van der Waals surface area contributed by atoms with Gasteiger partial charge in [0.05, 0.1) is 5.56 Å². The summed E-state index contributed by atoms with van der Waals surface area (Å²) in [5.74, 6) is -0.525. The lowest BCUT2D eigenvalue weighted by Gasteiger charge is -2.10. The number of hydrogen-bond acceptors (Lipinski definition) is 2. The number of rotatable bonds is 6. The van der Waals surface area contributed by atoms with Crippen LogP contribution in [0.2, 0.25) is 0 Å². The molecule has 3 aromatic rings. The maximum Gasteiger partial charge on any atom is 0.416 e. The fourth-order valence-corrected chi connectivity index (χ4v) is 3.53. The molecule has 3 nitrogen and oxygen atoms in total. The van der Waals surface area contributed by atoms with E-state index < -0.39 is 17.6 Å². The van der Waals surface area contributed by atoms with Crippen molar-refractivity contribution in [3.8, 4) is 0 Å². The molecule has 1 saturated carbocycles. The van der Waals surface area contributed by atoms with Crippen LogP contribution in [0.4, 0.5) is 23.2 Å². The highest BCUT2D eigenvalue weighted by molar-refractivity contribution is 6.04. The van der Waals surface area contributed by atoms with Gasteiger partial charge >= 0.3 is 6.18 Å². The van der Waals surface area contributed by atoms with E-state index in [9.17, 15) is 22.4 Å². The van der Waals surface area contributed by atoms with Gasteiger partial charge in [-0.15, -0.1) is 12.4 Å². The summed E-state index contributed by atoms with van der Waals surface area (Å²) in [6.07, 6.45) is -3.57. The Morgan fingerprint density at radius 1 is 0.969 bits per heavy atom. The molecule has 168 valence electrons. The normalized spacial score (nSPS) is 17.4. The van der Waals surface area contributed by atoms with Gasteiger partial charge in [-0.3, -0.25) is 4.79 Å². The average molecular weight is 465 g/mol. The van der Waals surface area contributed by atoms with Crippen molar-refractivity contribution in [3.05, 3.63) is 101 Å². The number of nitrogens with one attached hydrogen (secondary N) is 2. The fraction of sp³-hybridized carbons (Fsp3) is 0.208. The molecule has 32 heavy (non-hydrogen) atoms. The molecule has 0 unspecified atom stereocenters. The van der Waals surface area contributed by atoms with Gasteiger partial charge in [-0.1, -0.05) is 36.4 Å². The number of hydrogen-bond donors (Lipinski definition) is 2. The minimum Gasteiger partial charge on any atom is -0.322 e. The van der Waals surface area contributed by atoms with Crippen LogP contribution in [0.15, 0.2) is 72.8 Å². The molecule has 2 N–H and O–H groups in total. The lowest BCUT2D eigenvalue weighted by molar-refractivity contribution is -0.137. The third-order valence-corrected chi connectivity index (χ3v) is 5.35. The predicted molar refractivity (Wildman–Crippen MR) is 117 cm³/mol. The van der Waals surface area contributed by atoms with Gasteiger partial charge in [0, 0.05) is 35.3 Å². The van der Waals surface area contributed by atoms with E-state index >= 15 is 0 Å². The van der Waals surface area contributed by atoms with E-state index in [1.54, 1.807) is 30.3 Å². The molecule has 0 bridgehead atoms. The maximum atomic E-state index is 13.7. The molecule has 0 saturated heterocycles. The zero-order valence-corrected chi connectivity index (χ0v) is 17.6. The molecule has 3 aromatic carbocycles. The zero-order valence-electron chi connectivity index (χ0n) is 16.8. The Morgan fingerprint density at radius 3 is 2.38 bits per heavy atom. The lowest BCUT2D eigenvalue weighted by atomic mass is 10.1. The first-order chi connectivity index (χ1) is 14.8. The molecule has 1 aliphatic rings. The second-order valence-corrected chi connectivity index (χ2v) is 7.58. The molecule has 2 atom stereocenters. The molecule has 0 aromatic heterocycles. The van der Waals surface area contributed by atoms with Crippen LogP contribution in [0.3, 0.4) is 0 Å². The molecule has 1 aliphatic carbocycles. The monoisotopic (exact) mass is 464 g/mol. The van der Waals surface area contributed by atoms with Gasteiger partial charge in [0.1, 0.15) is 5.82 Å². The Kier molecular flexibility index (Phi) is 7.21. The summed E-state index contributed by atoms with van der Waals surface area (Å²) >= 11 is 0. The van der Waals surface area contributed by atoms with E-state index in [1.807, 2.05) is 12.1 Å². The van der Waals surface area contributed by atoms with Crippen LogP contribution in [0.25, 0.3) is 0 Å². The van der Waals surface area contributed by atoms with Gasteiger partial charge in [0.25, 0.3) is 5.91 Å². The molecule has 1 amide bonds. The van der Waals surface area contributed by atoms with Crippen LogP contribution in [-0.4, -0.2) is 11.9 Å². The molecular formula is C24H21ClF4N2O. The highest BCUT2D eigenvalue weighted by Crippen LogP contribution is 2.41. The van der Waals surface area contributed by atoms with E-state index in [1.165, 1.54) is 18.2 Å². The zero-order chi connectivity index (χ0) is 22.0. The first kappa shape index (κ1) is 23.8. The Labute approximate surface area is 189 Å². The lowest BCUT2D eigenvalue weighted by Crippen LogP contribution is -2.18. The number of halogens is 5. The van der Waals surface area contributed by atoms with Crippen molar-refractivity contribution >= 4 is 24.0 Å². The van der Waals surface area contributed by atoms with Crippen molar-refractivity contribution in [3.63, 3.8) is 0 Å². The van der Waals surface area contributed by atoms with E-state index in [-0.39, 0.29) is 29.8 Å². The summed E-state index contributed by atoms with van der Waals surface area (Å²) in [4.78, 5) is 12.3. The van der Waals surface area contributed by atoms with Crippen LogP contribution in [-0.2, 0) is 12.7 Å². The number of carbonyl (C=O) groups excluding carboxylic acids is 1. The second-order valence-electron chi connectivity index (χ2n) is 7.58. The van der Waals surface area contributed by atoms with Crippen LogP contribution >= 0.6 is 12.4 Å². The summed E-state index contributed by atoms with van der Waals surface area (Å²) < 4.78 is 52.2. The quantitative estimate of drug-likeness (QED) is 0.429. The van der Waals surface area contributed by atoms with Gasteiger partial charge in [0.2, 0.25) is 0 Å². The first-order valence-electron chi connectivity index (χ1n) is 9.86. The van der Waals surface area contributed by atoms with Gasteiger partial charge in [-0.05, 0) is 48.4 Å². The van der Waals surface area contributed by atoms with Crippen molar-refractivity contribution in [2.45, 2.75) is 31.1 Å². The van der Waals surface area contributed by atoms with Crippen molar-refractivity contribution in [2.75, 3.05) is 5.32 Å². The topological polar surface area (TPSA) is 41.1 Å². The van der Waals surface area contributed by atoms with E-state index in [0.717, 1.165) is 24.1 Å². The molecule has 0 aliphatic heterocycles. The van der Waals surface area contributed by atoms with Crippen LogP contribution in [0.5, 0.6) is 0 Å². The standard InChI is InChI=1S/C24H20F4N2O.ClH/c25-21-7-2-1-4-17(21)14-29-22-13-20(22)15-8-10-19(11-9-15)30-23(31)16-5-3-6-18(12-16)24(26,27)28;/h1-12,20,22,29H,13-14H2,(H,30,31);1H/t20-,22+;/m0./s1. The van der Waals surface area contributed by atoms with Crippen LogP contribution in [0.1, 0.15) is 39.4 Å². The van der Waals surface area contributed by atoms with Crippen molar-refractivity contribution in [1.29, 1.82) is 0 Å². The van der Waals surface area contributed by atoms with Crippen LogP contribution in [0, 0.1) is 5.82 Å². The number of amides is 1. The number of alkyl halides is 3. The second kappa shape index (κ2) is 9.71. The van der Waals surface area contributed by atoms with Gasteiger partial charge in [-0.25, -0.2) is 4.39 Å². The number of carbonyl (C=O) groups is 1. The highest BCUT2D eigenvalue weighted by atomic mass is 35.5. The summed E-state index contributed by atoms with van der Waals surface area (Å²) in [6, 6.07) is 18.5. The smallest absolute Gasteiger partial charge is 0.322 e. The SMILES string of the molecule is Cl.O=C(Nc1ccc([C@@H]2C[C@H]2NCc2ccccc2F)cc1)c1cccc(C(F)(F)F)c1. The van der Waals surface area contributed by atoms with Gasteiger partial charge < -0.3 is 10.6 Å². The molecule has 4 rings (SSSR count). The van der Waals surface area contributed by atoms with Crippen molar-refractivity contribution in [2.24, 2.45) is 0 Å². The van der Waals surface area contributed by atoms with E-state index in [4.69, 9.17) is 0 Å². The fourth-order valence-electron chi connectivity index (χ4n) is 3.53. The summed E-state index contributed by atoms with van der Waals surface area (Å²) in [5.41, 5.74) is 1.29. The minimum atomic E-state index is -4.50. The highest BCUT2D eigenvalue weighted by Gasteiger charge is 2.37. The minimum absolute atomic E-state index is 0. The third kappa shape index (κ3) is 5.66. The summed E-state index contributed by atoms with van der Waals surface area (Å²) in [7, 11) is 0.